The van der Waals surface area contributed by atoms with Crippen molar-refractivity contribution in [2.24, 2.45) is 17.6 Å². The van der Waals surface area contributed by atoms with E-state index in [1.165, 1.54) is 0 Å². The minimum atomic E-state index is -0.446. The minimum Gasteiger partial charge on any atom is -0.495 e. The maximum Gasteiger partial charge on any atom is 0.227 e. The fourth-order valence-electron chi connectivity index (χ4n) is 4.07. The van der Waals surface area contributed by atoms with Crippen molar-refractivity contribution in [1.29, 1.82) is 0 Å². The Morgan fingerprint density at radius 2 is 2.00 bits per heavy atom. The number of anilines is 1. The molecule has 1 aliphatic heterocycles. The first kappa shape index (κ1) is 19.2. The number of ether oxygens (including phenoxy) is 1. The van der Waals surface area contributed by atoms with E-state index in [2.05, 4.69) is 5.32 Å². The lowest BCUT2D eigenvalue weighted by Crippen LogP contribution is -2.49. The van der Waals surface area contributed by atoms with Crippen molar-refractivity contribution >= 4 is 23.4 Å². The fourth-order valence-corrected chi connectivity index (χ4v) is 4.07. The predicted octanol–water partition coefficient (Wildman–Crippen LogP) is 1.52. The van der Waals surface area contributed by atoms with Crippen molar-refractivity contribution < 1.29 is 19.1 Å². The van der Waals surface area contributed by atoms with Crippen molar-refractivity contribution in [2.75, 3.05) is 18.6 Å². The third kappa shape index (κ3) is 4.07. The van der Waals surface area contributed by atoms with Gasteiger partial charge in [0.15, 0.2) is 0 Å². The normalized spacial score (nSPS) is 25.3. The molecule has 1 saturated carbocycles. The van der Waals surface area contributed by atoms with Crippen LogP contribution in [0.2, 0.25) is 0 Å². The van der Waals surface area contributed by atoms with E-state index >= 15 is 0 Å². The number of nitrogens with zero attached hydrogens (tertiary/aromatic N) is 1. The third-order valence-corrected chi connectivity index (χ3v) is 5.58. The number of carbonyl (C=O) groups is 3. The van der Waals surface area contributed by atoms with E-state index < -0.39 is 5.92 Å². The van der Waals surface area contributed by atoms with Crippen LogP contribution in [0, 0.1) is 18.8 Å². The third-order valence-electron chi connectivity index (χ3n) is 5.58. The summed E-state index contributed by atoms with van der Waals surface area (Å²) in [7, 11) is 1.56. The summed E-state index contributed by atoms with van der Waals surface area (Å²) < 4.78 is 5.37. The number of nitrogens with one attached hydrogen (secondary N) is 1. The Morgan fingerprint density at radius 1 is 1.26 bits per heavy atom. The van der Waals surface area contributed by atoms with Gasteiger partial charge in [-0.2, -0.15) is 0 Å². The van der Waals surface area contributed by atoms with Crippen molar-refractivity contribution in [3.8, 4) is 5.75 Å². The Balaban J connectivity index is 1.71. The molecule has 3 amide bonds. The van der Waals surface area contributed by atoms with Crippen LogP contribution >= 0.6 is 0 Å². The zero-order chi connectivity index (χ0) is 19.6. The number of primary amides is 1. The van der Waals surface area contributed by atoms with E-state index in [0.717, 1.165) is 24.8 Å². The standard InChI is InChI=1S/C20H27N3O4/c1-12-7-8-17(27-2)16(9-12)23-11-13(10-18(23)24)20(26)22-15-6-4-3-5-14(15)19(21)25/h7-9,13-15H,3-6,10-11H2,1-2H3,(H2,21,25)(H,22,26). The van der Waals surface area contributed by atoms with E-state index in [1.807, 2.05) is 25.1 Å². The highest BCUT2D eigenvalue weighted by molar-refractivity contribution is 6.01. The van der Waals surface area contributed by atoms with Crippen LogP contribution in [0.25, 0.3) is 0 Å². The van der Waals surface area contributed by atoms with Crippen molar-refractivity contribution in [3.05, 3.63) is 23.8 Å². The van der Waals surface area contributed by atoms with Crippen LogP contribution in [0.5, 0.6) is 5.75 Å². The molecule has 1 aromatic rings. The molecule has 3 unspecified atom stereocenters. The molecular formula is C20H27N3O4. The zero-order valence-corrected chi connectivity index (χ0v) is 15.9. The quantitative estimate of drug-likeness (QED) is 0.817. The SMILES string of the molecule is COc1ccc(C)cc1N1CC(C(=O)NC2CCCCC2C(N)=O)CC1=O. The molecule has 2 fully saturated rings. The van der Waals surface area contributed by atoms with Gasteiger partial charge in [0, 0.05) is 19.0 Å². The van der Waals surface area contributed by atoms with E-state index in [-0.39, 0.29) is 36.1 Å². The molecule has 7 nitrogen and oxygen atoms in total. The van der Waals surface area contributed by atoms with E-state index in [4.69, 9.17) is 10.5 Å². The summed E-state index contributed by atoms with van der Waals surface area (Å²) in [4.78, 5) is 38.6. The molecule has 7 heteroatoms. The number of nitrogens with two attached hydrogens (primary N) is 1. The highest BCUT2D eigenvalue weighted by atomic mass is 16.5. The second-order valence-electron chi connectivity index (χ2n) is 7.49. The first-order valence-corrected chi connectivity index (χ1v) is 9.45. The van der Waals surface area contributed by atoms with Gasteiger partial charge < -0.3 is 20.7 Å². The molecule has 1 aliphatic carbocycles. The minimum absolute atomic E-state index is 0.103. The summed E-state index contributed by atoms with van der Waals surface area (Å²) in [5, 5.41) is 2.97. The van der Waals surface area contributed by atoms with Gasteiger partial charge in [0.2, 0.25) is 17.7 Å². The average molecular weight is 373 g/mol. The molecule has 1 heterocycles. The van der Waals surface area contributed by atoms with Crippen LogP contribution in [0.3, 0.4) is 0 Å². The Hall–Kier alpha value is -2.57. The molecule has 0 spiro atoms. The summed E-state index contributed by atoms with van der Waals surface area (Å²) >= 11 is 0. The Labute approximate surface area is 159 Å². The number of benzene rings is 1. The predicted molar refractivity (Wildman–Crippen MR) is 101 cm³/mol. The van der Waals surface area contributed by atoms with Gasteiger partial charge >= 0.3 is 0 Å². The summed E-state index contributed by atoms with van der Waals surface area (Å²) in [6, 6.07) is 5.40. The van der Waals surface area contributed by atoms with Crippen LogP contribution < -0.4 is 20.7 Å². The number of hydrogen-bond donors (Lipinski definition) is 2. The maximum absolute atomic E-state index is 12.8. The number of aryl methyl sites for hydroxylation is 1. The van der Waals surface area contributed by atoms with Gasteiger partial charge in [-0.25, -0.2) is 0 Å². The fraction of sp³-hybridized carbons (Fsp3) is 0.550. The Morgan fingerprint density at radius 3 is 2.70 bits per heavy atom. The van der Waals surface area contributed by atoms with Gasteiger partial charge in [-0.15, -0.1) is 0 Å². The topological polar surface area (TPSA) is 102 Å². The van der Waals surface area contributed by atoms with Gasteiger partial charge in [0.25, 0.3) is 0 Å². The number of hydrogen-bond acceptors (Lipinski definition) is 4. The monoisotopic (exact) mass is 373 g/mol. The second-order valence-corrected chi connectivity index (χ2v) is 7.49. The van der Waals surface area contributed by atoms with Crippen molar-refractivity contribution in [1.82, 2.24) is 5.32 Å². The molecule has 1 aromatic carbocycles. The van der Waals surface area contributed by atoms with Gasteiger partial charge in [-0.3, -0.25) is 14.4 Å². The van der Waals surface area contributed by atoms with Crippen molar-refractivity contribution in [3.63, 3.8) is 0 Å². The molecule has 3 rings (SSSR count). The van der Waals surface area contributed by atoms with Crippen molar-refractivity contribution in [2.45, 2.75) is 45.1 Å². The number of methoxy groups -OCH3 is 1. The molecule has 3 N–H and O–H groups in total. The smallest absolute Gasteiger partial charge is 0.227 e. The summed E-state index contributed by atoms with van der Waals surface area (Å²) in [5.41, 5.74) is 7.18. The highest BCUT2D eigenvalue weighted by Gasteiger charge is 2.38. The van der Waals surface area contributed by atoms with Crippen LogP contribution in [-0.4, -0.2) is 37.4 Å². The van der Waals surface area contributed by atoms with Gasteiger partial charge in [-0.05, 0) is 37.5 Å². The van der Waals surface area contributed by atoms with Gasteiger partial charge in [0.1, 0.15) is 5.75 Å². The molecular weight excluding hydrogens is 346 g/mol. The number of amides is 3. The molecule has 3 atom stereocenters. The Kier molecular flexibility index (Phi) is 5.68. The van der Waals surface area contributed by atoms with Gasteiger partial charge in [-0.1, -0.05) is 18.9 Å². The van der Waals surface area contributed by atoms with Crippen LogP contribution in [0.4, 0.5) is 5.69 Å². The van der Waals surface area contributed by atoms with E-state index in [0.29, 0.717) is 24.4 Å². The molecule has 0 radical (unpaired) electrons. The maximum atomic E-state index is 12.8. The summed E-state index contributed by atoms with van der Waals surface area (Å²) in [6.45, 7) is 2.25. The second kappa shape index (κ2) is 7.98. The summed E-state index contributed by atoms with van der Waals surface area (Å²) in [6.07, 6.45) is 3.51. The Bertz CT molecular complexity index is 749. The lowest BCUT2D eigenvalue weighted by molar-refractivity contribution is -0.129. The molecule has 27 heavy (non-hydrogen) atoms. The molecule has 146 valence electrons. The lowest BCUT2D eigenvalue weighted by atomic mass is 9.83. The largest absolute Gasteiger partial charge is 0.495 e. The van der Waals surface area contributed by atoms with E-state index in [1.54, 1.807) is 12.0 Å². The first-order valence-electron chi connectivity index (χ1n) is 9.45. The molecule has 0 aromatic heterocycles. The van der Waals surface area contributed by atoms with Crippen LogP contribution in [0.1, 0.15) is 37.7 Å². The van der Waals surface area contributed by atoms with E-state index in [9.17, 15) is 14.4 Å². The summed E-state index contributed by atoms with van der Waals surface area (Å²) in [5.74, 6) is -0.819. The lowest BCUT2D eigenvalue weighted by Gasteiger charge is -2.30. The van der Waals surface area contributed by atoms with Crippen LogP contribution in [0.15, 0.2) is 18.2 Å². The molecule has 1 saturated heterocycles. The van der Waals surface area contributed by atoms with Gasteiger partial charge in [0.05, 0.1) is 24.6 Å². The zero-order valence-electron chi connectivity index (χ0n) is 15.9. The molecule has 2 aliphatic rings. The molecule has 0 bridgehead atoms. The van der Waals surface area contributed by atoms with Crippen LogP contribution in [-0.2, 0) is 14.4 Å². The highest BCUT2D eigenvalue weighted by Crippen LogP contribution is 2.34. The average Bonchev–Trinajstić information content (AvgIpc) is 3.03. The number of rotatable bonds is 5. The number of carbonyl (C=O) groups excluding carboxylic acids is 3. The first-order chi connectivity index (χ1) is 12.9.